The summed E-state index contributed by atoms with van der Waals surface area (Å²) in [5.74, 6) is 1.29. The molecule has 118 valence electrons. The van der Waals surface area contributed by atoms with Crippen molar-refractivity contribution in [2.24, 2.45) is 5.92 Å². The summed E-state index contributed by atoms with van der Waals surface area (Å²) in [5, 5.41) is 3.36. The van der Waals surface area contributed by atoms with E-state index in [2.05, 4.69) is 25.2 Å². The fourth-order valence-corrected chi connectivity index (χ4v) is 2.19. The van der Waals surface area contributed by atoms with Gasteiger partial charge in [-0.15, -0.1) is 0 Å². The van der Waals surface area contributed by atoms with E-state index < -0.39 is 0 Å². The maximum atomic E-state index is 13.5. The van der Waals surface area contributed by atoms with Crippen LogP contribution in [0.4, 0.5) is 4.39 Å². The molecule has 0 aliphatic rings. The average molecular weight is 301 g/mol. The average Bonchev–Trinajstić information content (AvgIpc) is 2.52. The zero-order chi connectivity index (χ0) is 15.8. The minimum atomic E-state index is -0.134. The van der Waals surface area contributed by atoms with Gasteiger partial charge in [0.2, 0.25) is 0 Å². The second-order valence-electron chi connectivity index (χ2n) is 5.83. The van der Waals surface area contributed by atoms with Crippen molar-refractivity contribution in [2.45, 2.75) is 26.8 Å². The molecule has 0 fully saturated rings. The van der Waals surface area contributed by atoms with Crippen LogP contribution in [0.15, 0.2) is 48.5 Å². The molecule has 0 saturated carbocycles. The fraction of sp³-hybridized carbons (Fsp3) is 0.368. The minimum Gasteiger partial charge on any atom is -0.493 e. The van der Waals surface area contributed by atoms with Crippen molar-refractivity contribution in [3.05, 3.63) is 65.5 Å². The maximum absolute atomic E-state index is 13.5. The molecule has 0 heterocycles. The fourth-order valence-electron chi connectivity index (χ4n) is 2.19. The van der Waals surface area contributed by atoms with E-state index in [0.717, 1.165) is 30.0 Å². The van der Waals surface area contributed by atoms with Gasteiger partial charge < -0.3 is 10.1 Å². The molecule has 2 aromatic rings. The first kappa shape index (κ1) is 16.5. The lowest BCUT2D eigenvalue weighted by atomic mass is 10.1. The van der Waals surface area contributed by atoms with E-state index in [-0.39, 0.29) is 5.82 Å². The highest BCUT2D eigenvalue weighted by Gasteiger charge is 2.04. The Kier molecular flexibility index (Phi) is 6.41. The van der Waals surface area contributed by atoms with Crippen LogP contribution < -0.4 is 10.1 Å². The van der Waals surface area contributed by atoms with E-state index in [1.807, 2.05) is 30.3 Å². The standard InChI is InChI=1S/C19H24FNO/c1-15(2)14-22-19-10-6-4-8-17(19)13-21-12-11-16-7-3-5-9-18(16)20/h3-10,15,21H,11-14H2,1-2H3. The molecule has 0 aromatic heterocycles. The number of halogens is 1. The van der Waals surface area contributed by atoms with Gasteiger partial charge in [-0.2, -0.15) is 0 Å². The highest BCUT2D eigenvalue weighted by molar-refractivity contribution is 5.33. The van der Waals surface area contributed by atoms with E-state index in [9.17, 15) is 4.39 Å². The molecule has 22 heavy (non-hydrogen) atoms. The van der Waals surface area contributed by atoms with Gasteiger partial charge in [-0.05, 0) is 36.6 Å². The van der Waals surface area contributed by atoms with Crippen molar-refractivity contribution in [1.29, 1.82) is 0 Å². The van der Waals surface area contributed by atoms with Gasteiger partial charge >= 0.3 is 0 Å². The Labute approximate surface area is 132 Å². The Bertz CT molecular complexity index is 583. The number of rotatable bonds is 8. The highest BCUT2D eigenvalue weighted by Crippen LogP contribution is 2.18. The van der Waals surface area contributed by atoms with E-state index in [0.29, 0.717) is 18.9 Å². The van der Waals surface area contributed by atoms with Crippen LogP contribution in [0, 0.1) is 11.7 Å². The molecule has 0 aliphatic heterocycles. The lowest BCUT2D eigenvalue weighted by Crippen LogP contribution is -2.18. The number of ether oxygens (including phenoxy) is 1. The summed E-state index contributed by atoms with van der Waals surface area (Å²) in [4.78, 5) is 0. The van der Waals surface area contributed by atoms with E-state index >= 15 is 0 Å². The third-order valence-electron chi connectivity index (χ3n) is 3.39. The van der Waals surface area contributed by atoms with Gasteiger partial charge in [0, 0.05) is 12.1 Å². The number of para-hydroxylation sites is 1. The predicted molar refractivity (Wildman–Crippen MR) is 88.6 cm³/mol. The van der Waals surface area contributed by atoms with Crippen molar-refractivity contribution in [2.75, 3.05) is 13.2 Å². The molecule has 0 radical (unpaired) electrons. The monoisotopic (exact) mass is 301 g/mol. The van der Waals surface area contributed by atoms with E-state index in [1.54, 1.807) is 6.07 Å². The molecule has 0 aliphatic carbocycles. The predicted octanol–water partition coefficient (Wildman–Crippen LogP) is 4.19. The molecule has 0 saturated heterocycles. The van der Waals surface area contributed by atoms with E-state index in [4.69, 9.17) is 4.74 Å². The topological polar surface area (TPSA) is 21.3 Å². The molecule has 0 unspecified atom stereocenters. The van der Waals surface area contributed by atoms with E-state index in [1.165, 1.54) is 6.07 Å². The largest absolute Gasteiger partial charge is 0.493 e. The number of hydrogen-bond donors (Lipinski definition) is 1. The number of benzene rings is 2. The van der Waals surface area contributed by atoms with Crippen molar-refractivity contribution < 1.29 is 9.13 Å². The zero-order valence-corrected chi connectivity index (χ0v) is 13.3. The maximum Gasteiger partial charge on any atom is 0.126 e. The molecule has 0 amide bonds. The van der Waals surface area contributed by atoms with Crippen molar-refractivity contribution in [3.8, 4) is 5.75 Å². The van der Waals surface area contributed by atoms with Gasteiger partial charge in [-0.25, -0.2) is 4.39 Å². The van der Waals surface area contributed by atoms with Gasteiger partial charge in [0.25, 0.3) is 0 Å². The van der Waals surface area contributed by atoms with Gasteiger partial charge in [0.1, 0.15) is 11.6 Å². The third kappa shape index (κ3) is 5.15. The number of hydrogen-bond acceptors (Lipinski definition) is 2. The van der Waals surface area contributed by atoms with Crippen LogP contribution in [0.5, 0.6) is 5.75 Å². The van der Waals surface area contributed by atoms with Crippen LogP contribution in [-0.2, 0) is 13.0 Å². The van der Waals surface area contributed by atoms with Gasteiger partial charge in [0.15, 0.2) is 0 Å². The molecule has 3 heteroatoms. The summed E-state index contributed by atoms with van der Waals surface area (Å²) in [7, 11) is 0. The van der Waals surface area contributed by atoms with Crippen LogP contribution in [0.1, 0.15) is 25.0 Å². The Balaban J connectivity index is 1.83. The van der Waals surface area contributed by atoms with Crippen molar-refractivity contribution >= 4 is 0 Å². The highest BCUT2D eigenvalue weighted by atomic mass is 19.1. The third-order valence-corrected chi connectivity index (χ3v) is 3.39. The summed E-state index contributed by atoms with van der Waals surface area (Å²) in [6.07, 6.45) is 0.682. The van der Waals surface area contributed by atoms with Crippen LogP contribution in [0.3, 0.4) is 0 Å². The second kappa shape index (κ2) is 8.54. The van der Waals surface area contributed by atoms with Crippen LogP contribution in [0.2, 0.25) is 0 Å². The Hall–Kier alpha value is -1.87. The first-order valence-corrected chi connectivity index (χ1v) is 7.81. The molecular weight excluding hydrogens is 277 g/mol. The Morgan fingerprint density at radius 2 is 1.68 bits per heavy atom. The molecular formula is C19H24FNO. The first-order valence-electron chi connectivity index (χ1n) is 7.81. The van der Waals surface area contributed by atoms with Crippen LogP contribution >= 0.6 is 0 Å². The lowest BCUT2D eigenvalue weighted by molar-refractivity contribution is 0.268. The van der Waals surface area contributed by atoms with Crippen LogP contribution in [0.25, 0.3) is 0 Å². The Morgan fingerprint density at radius 3 is 2.41 bits per heavy atom. The summed E-state index contributed by atoms with van der Waals surface area (Å²) in [5.41, 5.74) is 1.89. The van der Waals surface area contributed by atoms with Crippen molar-refractivity contribution in [3.63, 3.8) is 0 Å². The zero-order valence-electron chi connectivity index (χ0n) is 13.3. The van der Waals surface area contributed by atoms with Gasteiger partial charge in [-0.1, -0.05) is 50.2 Å². The molecule has 2 nitrogen and oxygen atoms in total. The molecule has 0 bridgehead atoms. The summed E-state index contributed by atoms with van der Waals surface area (Å²) in [6, 6.07) is 15.0. The molecule has 0 spiro atoms. The SMILES string of the molecule is CC(C)COc1ccccc1CNCCc1ccccc1F. The molecule has 2 rings (SSSR count). The summed E-state index contributed by atoms with van der Waals surface area (Å²) in [6.45, 7) is 6.44. The normalized spacial score (nSPS) is 10.9. The Morgan fingerprint density at radius 1 is 1.00 bits per heavy atom. The quantitative estimate of drug-likeness (QED) is 0.738. The minimum absolute atomic E-state index is 0.134. The van der Waals surface area contributed by atoms with Crippen molar-refractivity contribution in [1.82, 2.24) is 5.32 Å². The smallest absolute Gasteiger partial charge is 0.126 e. The molecule has 0 atom stereocenters. The summed E-state index contributed by atoms with van der Waals surface area (Å²) >= 11 is 0. The molecule has 2 aromatic carbocycles. The van der Waals surface area contributed by atoms with Gasteiger partial charge in [0.05, 0.1) is 6.61 Å². The second-order valence-corrected chi connectivity index (χ2v) is 5.83. The van der Waals surface area contributed by atoms with Gasteiger partial charge in [-0.3, -0.25) is 0 Å². The molecule has 1 N–H and O–H groups in total. The number of nitrogens with one attached hydrogen (secondary N) is 1. The lowest BCUT2D eigenvalue weighted by Gasteiger charge is -2.13. The summed E-state index contributed by atoms with van der Waals surface area (Å²) < 4.78 is 19.4. The van der Waals surface area contributed by atoms with Crippen LogP contribution in [-0.4, -0.2) is 13.2 Å². The first-order chi connectivity index (χ1) is 10.7.